The molecule has 3 nitrogen and oxygen atoms in total. The Hall–Kier alpha value is -1.68. The lowest BCUT2D eigenvalue weighted by Crippen LogP contribution is -2.10. The van der Waals surface area contributed by atoms with Gasteiger partial charge in [-0.1, -0.05) is 30.9 Å². The number of aromatic carboxylic acids is 1. The Morgan fingerprint density at radius 2 is 1.95 bits per heavy atom. The number of pyridine rings is 1. The number of hydrogen-bond donors (Lipinski definition) is 1. The van der Waals surface area contributed by atoms with Crippen LogP contribution in [0.3, 0.4) is 0 Å². The fourth-order valence-corrected chi connectivity index (χ4v) is 3.26. The summed E-state index contributed by atoms with van der Waals surface area (Å²) in [6.07, 6.45) is 5.37. The summed E-state index contributed by atoms with van der Waals surface area (Å²) in [6, 6.07) is 4.21. The molecule has 0 spiro atoms. The van der Waals surface area contributed by atoms with E-state index < -0.39 is 11.8 Å². The van der Waals surface area contributed by atoms with Crippen LogP contribution in [0.4, 0.5) is 4.39 Å². The van der Waals surface area contributed by atoms with Gasteiger partial charge in [0, 0.05) is 22.0 Å². The molecule has 0 atom stereocenters. The van der Waals surface area contributed by atoms with E-state index in [1.54, 1.807) is 6.07 Å². The fourth-order valence-electron chi connectivity index (χ4n) is 3.06. The van der Waals surface area contributed by atoms with Crippen LogP contribution in [0.5, 0.6) is 0 Å². The van der Waals surface area contributed by atoms with Crippen LogP contribution in [0.1, 0.15) is 54.1 Å². The number of aromatic nitrogens is 1. The van der Waals surface area contributed by atoms with Gasteiger partial charge in [0.05, 0.1) is 5.56 Å². The standard InChI is InChI=1S/C16H15ClFNO2/c17-10-6-11-12(16(20)21)8-14(9-4-2-1-3-5-9)19-15(11)13(18)7-10/h6-9H,1-5H2,(H,20,21). The molecule has 0 unspecified atom stereocenters. The van der Waals surface area contributed by atoms with Gasteiger partial charge in [-0.05, 0) is 31.0 Å². The Kier molecular flexibility index (Phi) is 3.81. The number of halogens is 2. The number of fused-ring (bicyclic) bond motifs is 1. The molecule has 1 aliphatic carbocycles. The topological polar surface area (TPSA) is 50.2 Å². The molecule has 1 aliphatic rings. The molecule has 110 valence electrons. The summed E-state index contributed by atoms with van der Waals surface area (Å²) < 4.78 is 14.1. The van der Waals surface area contributed by atoms with Gasteiger partial charge in [-0.15, -0.1) is 0 Å². The summed E-state index contributed by atoms with van der Waals surface area (Å²) in [6.45, 7) is 0. The molecule has 0 bridgehead atoms. The van der Waals surface area contributed by atoms with E-state index in [0.29, 0.717) is 5.69 Å². The normalized spacial score (nSPS) is 16.3. The van der Waals surface area contributed by atoms with E-state index in [1.807, 2.05) is 0 Å². The van der Waals surface area contributed by atoms with E-state index >= 15 is 0 Å². The van der Waals surface area contributed by atoms with Crippen LogP contribution in [0.25, 0.3) is 10.9 Å². The van der Waals surface area contributed by atoms with Crippen LogP contribution >= 0.6 is 11.6 Å². The molecular weight excluding hydrogens is 293 g/mol. The zero-order valence-electron chi connectivity index (χ0n) is 11.4. The van der Waals surface area contributed by atoms with Crippen molar-refractivity contribution < 1.29 is 14.3 Å². The molecule has 1 aromatic heterocycles. The fraction of sp³-hybridized carbons (Fsp3) is 0.375. The Morgan fingerprint density at radius 1 is 1.24 bits per heavy atom. The monoisotopic (exact) mass is 307 g/mol. The van der Waals surface area contributed by atoms with Gasteiger partial charge >= 0.3 is 5.97 Å². The highest BCUT2D eigenvalue weighted by atomic mass is 35.5. The highest BCUT2D eigenvalue weighted by molar-refractivity contribution is 6.31. The predicted octanol–water partition coefficient (Wildman–Crippen LogP) is 4.77. The summed E-state index contributed by atoms with van der Waals surface area (Å²) in [5.74, 6) is -1.44. The van der Waals surface area contributed by atoms with Gasteiger partial charge < -0.3 is 5.11 Å². The zero-order chi connectivity index (χ0) is 15.0. The second kappa shape index (κ2) is 5.60. The minimum Gasteiger partial charge on any atom is -0.478 e. The molecule has 5 heteroatoms. The third kappa shape index (κ3) is 2.72. The zero-order valence-corrected chi connectivity index (χ0v) is 12.2. The van der Waals surface area contributed by atoms with Gasteiger partial charge in [0.15, 0.2) is 5.82 Å². The van der Waals surface area contributed by atoms with Crippen LogP contribution in [0, 0.1) is 5.82 Å². The highest BCUT2D eigenvalue weighted by Gasteiger charge is 2.21. The molecule has 0 radical (unpaired) electrons. The van der Waals surface area contributed by atoms with Crippen molar-refractivity contribution in [2.75, 3.05) is 0 Å². The van der Waals surface area contributed by atoms with E-state index in [-0.39, 0.29) is 27.4 Å². The summed E-state index contributed by atoms with van der Waals surface area (Å²) in [7, 11) is 0. The average molecular weight is 308 g/mol. The maximum absolute atomic E-state index is 14.1. The van der Waals surface area contributed by atoms with Crippen molar-refractivity contribution in [1.82, 2.24) is 4.98 Å². The van der Waals surface area contributed by atoms with Crippen LogP contribution in [-0.4, -0.2) is 16.1 Å². The number of carbonyl (C=O) groups is 1. The molecule has 21 heavy (non-hydrogen) atoms. The van der Waals surface area contributed by atoms with E-state index in [9.17, 15) is 14.3 Å². The van der Waals surface area contributed by atoms with Gasteiger partial charge in [0.1, 0.15) is 5.52 Å². The minimum absolute atomic E-state index is 0.0713. The van der Waals surface area contributed by atoms with E-state index in [0.717, 1.165) is 25.7 Å². The number of benzene rings is 1. The van der Waals surface area contributed by atoms with Crippen LogP contribution in [0.15, 0.2) is 18.2 Å². The molecular formula is C16H15ClFNO2. The lowest BCUT2D eigenvalue weighted by Gasteiger charge is -2.22. The Labute approximate surface area is 126 Å². The second-order valence-corrected chi connectivity index (χ2v) is 5.95. The molecule has 0 amide bonds. The van der Waals surface area contributed by atoms with Crippen molar-refractivity contribution in [3.8, 4) is 0 Å². The van der Waals surface area contributed by atoms with E-state index in [2.05, 4.69) is 4.98 Å². The number of carboxylic acid groups (broad SMARTS) is 1. The van der Waals surface area contributed by atoms with Gasteiger partial charge in [-0.2, -0.15) is 0 Å². The maximum Gasteiger partial charge on any atom is 0.336 e. The Morgan fingerprint density at radius 3 is 2.62 bits per heavy atom. The molecule has 0 saturated heterocycles. The quantitative estimate of drug-likeness (QED) is 0.869. The number of hydrogen-bond acceptors (Lipinski definition) is 2. The van der Waals surface area contributed by atoms with E-state index in [4.69, 9.17) is 11.6 Å². The summed E-state index contributed by atoms with van der Waals surface area (Å²) >= 11 is 5.83. The largest absolute Gasteiger partial charge is 0.478 e. The molecule has 2 aromatic rings. The molecule has 1 fully saturated rings. The van der Waals surface area contributed by atoms with Crippen LogP contribution in [0.2, 0.25) is 5.02 Å². The summed E-state index contributed by atoms with van der Waals surface area (Å²) in [4.78, 5) is 15.9. The van der Waals surface area contributed by atoms with Crippen molar-refractivity contribution in [3.05, 3.63) is 40.3 Å². The smallest absolute Gasteiger partial charge is 0.336 e. The molecule has 1 heterocycles. The molecule has 1 saturated carbocycles. The maximum atomic E-state index is 14.1. The Bertz CT molecular complexity index is 711. The number of nitrogens with zero attached hydrogens (tertiary/aromatic N) is 1. The first-order valence-electron chi connectivity index (χ1n) is 7.09. The Balaban J connectivity index is 2.21. The molecule has 3 rings (SSSR count). The number of rotatable bonds is 2. The average Bonchev–Trinajstić information content (AvgIpc) is 2.47. The first-order valence-corrected chi connectivity index (χ1v) is 7.47. The minimum atomic E-state index is -1.08. The van der Waals surface area contributed by atoms with Gasteiger partial charge in [0.2, 0.25) is 0 Å². The van der Waals surface area contributed by atoms with Gasteiger partial charge in [-0.3, -0.25) is 0 Å². The van der Waals surface area contributed by atoms with Crippen molar-refractivity contribution in [2.45, 2.75) is 38.0 Å². The SMILES string of the molecule is O=C(O)c1cc(C2CCCCC2)nc2c(F)cc(Cl)cc12. The van der Waals surface area contributed by atoms with Crippen molar-refractivity contribution in [2.24, 2.45) is 0 Å². The van der Waals surface area contributed by atoms with Crippen molar-refractivity contribution >= 4 is 28.5 Å². The van der Waals surface area contributed by atoms with Crippen LogP contribution < -0.4 is 0 Å². The second-order valence-electron chi connectivity index (χ2n) is 5.52. The van der Waals surface area contributed by atoms with Crippen LogP contribution in [-0.2, 0) is 0 Å². The third-order valence-electron chi connectivity index (χ3n) is 4.11. The molecule has 0 aliphatic heterocycles. The first kappa shape index (κ1) is 14.3. The summed E-state index contributed by atoms with van der Waals surface area (Å²) in [5.41, 5.74) is 0.850. The van der Waals surface area contributed by atoms with Gasteiger partial charge in [-0.25, -0.2) is 14.2 Å². The molecule has 1 aromatic carbocycles. The third-order valence-corrected chi connectivity index (χ3v) is 4.32. The summed E-state index contributed by atoms with van der Waals surface area (Å²) in [5, 5.41) is 9.83. The first-order chi connectivity index (χ1) is 10.1. The van der Waals surface area contributed by atoms with E-state index in [1.165, 1.54) is 18.6 Å². The predicted molar refractivity (Wildman–Crippen MR) is 79.5 cm³/mol. The number of carboxylic acids is 1. The van der Waals surface area contributed by atoms with Crippen molar-refractivity contribution in [3.63, 3.8) is 0 Å². The lowest BCUT2D eigenvalue weighted by molar-refractivity contribution is 0.0699. The van der Waals surface area contributed by atoms with Gasteiger partial charge in [0.25, 0.3) is 0 Å². The lowest BCUT2D eigenvalue weighted by atomic mass is 9.86. The highest BCUT2D eigenvalue weighted by Crippen LogP contribution is 2.34. The van der Waals surface area contributed by atoms with Crippen molar-refractivity contribution in [1.29, 1.82) is 0 Å². The molecule has 1 N–H and O–H groups in total.